The highest BCUT2D eigenvalue weighted by Crippen LogP contribution is 2.43. The molecule has 4 aromatic rings. The Morgan fingerprint density at radius 3 is 2.32 bits per heavy atom. The molecule has 0 spiro atoms. The molecule has 5 rings (SSSR count). The van der Waals surface area contributed by atoms with E-state index in [9.17, 15) is 49.5 Å². The third-order valence-electron chi connectivity index (χ3n) is 8.71. The number of rotatable bonds is 9. The molecule has 16 heteroatoms. The largest absolute Gasteiger partial charge is 0.467 e. The quantitative estimate of drug-likeness (QED) is 0.149. The summed E-state index contributed by atoms with van der Waals surface area (Å²) in [6.07, 6.45) is -8.25. The minimum Gasteiger partial charge on any atom is -0.467 e. The molecule has 2 aromatic carbocycles. The van der Waals surface area contributed by atoms with Crippen molar-refractivity contribution in [1.29, 1.82) is 0 Å². The molecule has 2 aromatic heterocycles. The number of hydrogen-bond acceptors (Lipinski definition) is 6. The van der Waals surface area contributed by atoms with Gasteiger partial charge in [0.25, 0.3) is 11.5 Å². The van der Waals surface area contributed by atoms with Crippen LogP contribution in [0.3, 0.4) is 0 Å². The van der Waals surface area contributed by atoms with Gasteiger partial charge in [-0.25, -0.2) is 13.6 Å². The van der Waals surface area contributed by atoms with Crippen LogP contribution >= 0.6 is 0 Å². The lowest BCUT2D eigenvalue weighted by atomic mass is 9.91. The first-order valence-corrected chi connectivity index (χ1v) is 15.4. The molecule has 0 saturated carbocycles. The number of carbonyl (C=O) groups is 2. The van der Waals surface area contributed by atoms with E-state index in [4.69, 9.17) is 4.74 Å². The Bertz CT molecular complexity index is 2020. The molecule has 0 radical (unpaired) electrons. The maximum absolute atomic E-state index is 15.0. The zero-order valence-electron chi connectivity index (χ0n) is 26.8. The van der Waals surface area contributed by atoms with Crippen LogP contribution in [0, 0.1) is 11.6 Å². The van der Waals surface area contributed by atoms with Crippen LogP contribution in [0.5, 0.6) is 0 Å². The number of esters is 1. The predicted molar refractivity (Wildman–Crippen MR) is 167 cm³/mol. The number of hydrogen-bond donors (Lipinski definition) is 2. The summed E-state index contributed by atoms with van der Waals surface area (Å²) in [7, 11) is 2.39. The fourth-order valence-corrected chi connectivity index (χ4v) is 6.37. The van der Waals surface area contributed by atoms with Gasteiger partial charge in [-0.3, -0.25) is 14.6 Å². The van der Waals surface area contributed by atoms with Gasteiger partial charge in [-0.15, -0.1) is 0 Å². The molecule has 2 heterocycles. The third-order valence-corrected chi connectivity index (χ3v) is 8.71. The molecule has 0 bridgehead atoms. The Labute approximate surface area is 279 Å². The van der Waals surface area contributed by atoms with Crippen LogP contribution in [0.4, 0.5) is 40.8 Å². The first kappa shape index (κ1) is 36.3. The number of anilines is 1. The third kappa shape index (κ3) is 6.87. The van der Waals surface area contributed by atoms with E-state index in [-0.39, 0.29) is 34.0 Å². The molecule has 1 amide bonds. The number of ether oxygens (including phenoxy) is 1. The molecule has 50 heavy (non-hydrogen) atoms. The van der Waals surface area contributed by atoms with Crippen molar-refractivity contribution in [2.75, 3.05) is 12.4 Å². The van der Waals surface area contributed by atoms with Gasteiger partial charge in [0.15, 0.2) is 0 Å². The fourth-order valence-electron chi connectivity index (χ4n) is 6.37. The van der Waals surface area contributed by atoms with Crippen LogP contribution < -0.4 is 16.2 Å². The lowest BCUT2D eigenvalue weighted by Gasteiger charge is -2.22. The van der Waals surface area contributed by atoms with Crippen LogP contribution in [0.15, 0.2) is 47.4 Å². The smallest absolute Gasteiger partial charge is 0.417 e. The number of alkyl halides is 6. The molecule has 2 atom stereocenters. The van der Waals surface area contributed by atoms with Crippen LogP contribution in [0.1, 0.15) is 52.5 Å². The Balaban J connectivity index is 1.52. The topological polar surface area (TPSA) is 102 Å². The van der Waals surface area contributed by atoms with Crippen molar-refractivity contribution >= 4 is 28.5 Å². The van der Waals surface area contributed by atoms with Crippen LogP contribution in [-0.4, -0.2) is 46.8 Å². The summed E-state index contributed by atoms with van der Waals surface area (Å²) in [5.41, 5.74) is -3.78. The van der Waals surface area contributed by atoms with Gasteiger partial charge < -0.3 is 19.9 Å². The average molecular weight is 711 g/mol. The second-order valence-corrected chi connectivity index (χ2v) is 11.8. The Hall–Kier alpha value is -5.02. The van der Waals surface area contributed by atoms with E-state index in [1.807, 2.05) is 5.32 Å². The van der Waals surface area contributed by atoms with Gasteiger partial charge in [-0.2, -0.15) is 26.3 Å². The first-order chi connectivity index (χ1) is 23.5. The van der Waals surface area contributed by atoms with Gasteiger partial charge in [0.1, 0.15) is 29.3 Å². The number of amides is 1. The molecule has 0 unspecified atom stereocenters. The monoisotopic (exact) mass is 710 g/mol. The molecule has 1 aliphatic carbocycles. The number of aromatic nitrogens is 2. The van der Waals surface area contributed by atoms with Gasteiger partial charge in [0.05, 0.1) is 23.8 Å². The molecule has 8 nitrogen and oxygen atoms in total. The fraction of sp³-hybridized carbons (Fsp3) is 0.353. The van der Waals surface area contributed by atoms with Crippen LogP contribution in [-0.2, 0) is 42.0 Å². The maximum Gasteiger partial charge on any atom is 0.417 e. The van der Waals surface area contributed by atoms with Crippen LogP contribution in [0.2, 0.25) is 0 Å². The lowest BCUT2D eigenvalue weighted by molar-refractivity contribution is -0.143. The number of fused-ring (bicyclic) bond motifs is 2. The highest BCUT2D eigenvalue weighted by molar-refractivity contribution is 5.99. The van der Waals surface area contributed by atoms with Gasteiger partial charge in [0.2, 0.25) is 0 Å². The number of halogens is 8. The molecular formula is C34H30F8N4O4. The number of pyridine rings is 2. The van der Waals surface area contributed by atoms with Gasteiger partial charge >= 0.3 is 18.3 Å². The molecule has 266 valence electrons. The number of nitrogens with one attached hydrogen (secondary N) is 2. The van der Waals surface area contributed by atoms with E-state index in [0.717, 1.165) is 7.11 Å². The summed E-state index contributed by atoms with van der Waals surface area (Å²) in [6, 6.07) is 2.85. The molecule has 0 saturated heterocycles. The van der Waals surface area contributed by atoms with Gasteiger partial charge in [-0.1, -0.05) is 25.1 Å². The van der Waals surface area contributed by atoms with Crippen molar-refractivity contribution in [2.45, 2.75) is 63.5 Å². The van der Waals surface area contributed by atoms with E-state index < -0.39 is 88.7 Å². The van der Waals surface area contributed by atoms with Crippen molar-refractivity contribution < 1.29 is 49.4 Å². The second-order valence-electron chi connectivity index (χ2n) is 11.8. The highest BCUT2D eigenvalue weighted by atomic mass is 19.4. The Morgan fingerprint density at radius 2 is 1.72 bits per heavy atom. The summed E-state index contributed by atoms with van der Waals surface area (Å²) >= 11 is 0. The zero-order valence-corrected chi connectivity index (χ0v) is 26.8. The predicted octanol–water partition coefficient (Wildman–Crippen LogP) is 6.65. The molecular weight excluding hydrogens is 680 g/mol. The average Bonchev–Trinajstić information content (AvgIpc) is 3.53. The second kappa shape index (κ2) is 13.7. The normalized spacial score (nSPS) is 14.3. The summed E-state index contributed by atoms with van der Waals surface area (Å²) < 4.78 is 119. The van der Waals surface area contributed by atoms with Crippen molar-refractivity contribution in [3.63, 3.8) is 0 Å². The Morgan fingerprint density at radius 1 is 1.04 bits per heavy atom. The molecule has 2 N–H and O–H groups in total. The zero-order chi connectivity index (χ0) is 36.7. The first-order valence-electron chi connectivity index (χ1n) is 15.4. The van der Waals surface area contributed by atoms with E-state index in [1.54, 1.807) is 0 Å². The summed E-state index contributed by atoms with van der Waals surface area (Å²) in [6.45, 7) is 1.22. The standard InChI is InChI=1S/C34H30F8N4O4/c1-4-25(33(37,38)39)44-17-14-21(35)27(22(36)15-17)30(47)45-23(32(49)50-3)13-16-10-11-20(29-18(16)8-6-12-43-29)26-28(34(40,41)42)19-7-5-9-24(19)46(2)31(26)48/h6,8,10-12,14-15,23,25,44H,4-5,7,9,13H2,1-3H3,(H,45,47)/t23-,25+/m0/s1. The van der Waals surface area contributed by atoms with Crippen molar-refractivity contribution in [3.05, 3.63) is 92.5 Å². The number of benzene rings is 2. The van der Waals surface area contributed by atoms with Gasteiger partial charge in [-0.05, 0) is 55.0 Å². The van der Waals surface area contributed by atoms with Crippen molar-refractivity contribution in [1.82, 2.24) is 14.9 Å². The van der Waals surface area contributed by atoms with E-state index in [1.165, 1.54) is 49.0 Å². The highest BCUT2D eigenvalue weighted by Gasteiger charge is 2.42. The minimum absolute atomic E-state index is 0.00935. The summed E-state index contributed by atoms with van der Waals surface area (Å²) in [5.74, 6) is -5.51. The minimum atomic E-state index is -4.87. The lowest BCUT2D eigenvalue weighted by Crippen LogP contribution is -2.43. The maximum atomic E-state index is 15.0. The molecule has 0 aliphatic heterocycles. The SMILES string of the molecule is CC[C@@H](Nc1cc(F)c(C(=O)N[C@@H](Cc2ccc(-c3c(C(F)(F)F)c4c(n(C)c3=O)CCC4)c3ncccc23)C(=O)OC)c(F)c1)C(F)(F)F. The van der Waals surface area contributed by atoms with E-state index in [0.29, 0.717) is 30.7 Å². The van der Waals surface area contributed by atoms with Crippen molar-refractivity contribution in [3.8, 4) is 11.1 Å². The number of nitrogens with zero attached hydrogens (tertiary/aromatic N) is 2. The van der Waals surface area contributed by atoms with Gasteiger partial charge in [0, 0.05) is 42.0 Å². The van der Waals surface area contributed by atoms with E-state index >= 15 is 0 Å². The summed E-state index contributed by atoms with van der Waals surface area (Å²) in [4.78, 5) is 43.6. The van der Waals surface area contributed by atoms with Crippen molar-refractivity contribution in [2.24, 2.45) is 7.05 Å². The Kier molecular flexibility index (Phi) is 9.94. The number of methoxy groups -OCH3 is 1. The summed E-state index contributed by atoms with van der Waals surface area (Å²) in [5, 5.41) is 4.37. The number of carbonyl (C=O) groups excluding carboxylic acids is 2. The van der Waals surface area contributed by atoms with Crippen LogP contribution in [0.25, 0.3) is 22.0 Å². The van der Waals surface area contributed by atoms with E-state index in [2.05, 4.69) is 10.3 Å². The molecule has 1 aliphatic rings. The molecule has 0 fully saturated rings.